The van der Waals surface area contributed by atoms with Crippen LogP contribution in [0, 0.1) is 6.92 Å². The number of aromatic carboxylic acids is 1. The van der Waals surface area contributed by atoms with Crippen molar-refractivity contribution in [1.82, 2.24) is 4.57 Å². The second-order valence-electron chi connectivity index (χ2n) is 5.20. The van der Waals surface area contributed by atoms with Gasteiger partial charge in [-0.2, -0.15) is 0 Å². The molecule has 3 aromatic rings. The van der Waals surface area contributed by atoms with E-state index in [4.69, 9.17) is 9.15 Å². The van der Waals surface area contributed by atoms with E-state index in [0.29, 0.717) is 22.5 Å². The monoisotopic (exact) mass is 313 g/mol. The smallest absolute Gasteiger partial charge is 0.339 e. The minimum absolute atomic E-state index is 0.111. The first-order valence-electron chi connectivity index (χ1n) is 7.01. The number of nitrogens with zero attached hydrogens (tertiary/aromatic N) is 1. The molecule has 6 heteroatoms. The van der Waals surface area contributed by atoms with Gasteiger partial charge in [-0.25, -0.2) is 4.79 Å². The molecule has 0 bridgehead atoms. The molecule has 6 nitrogen and oxygen atoms in total. The number of hydrogen-bond acceptors (Lipinski definition) is 4. The van der Waals surface area contributed by atoms with Gasteiger partial charge in [-0.3, -0.25) is 4.79 Å². The van der Waals surface area contributed by atoms with Crippen LogP contribution in [0.2, 0.25) is 0 Å². The summed E-state index contributed by atoms with van der Waals surface area (Å²) in [5, 5.41) is 9.77. The van der Waals surface area contributed by atoms with Crippen molar-refractivity contribution in [2.45, 2.75) is 13.5 Å². The molecule has 0 atom stereocenters. The van der Waals surface area contributed by atoms with E-state index in [2.05, 4.69) is 0 Å². The average molecular weight is 313 g/mol. The molecule has 118 valence electrons. The quantitative estimate of drug-likeness (QED) is 0.801. The molecular formula is C17H15NO5. The first-order chi connectivity index (χ1) is 11.0. The molecule has 0 aliphatic rings. The third-order valence-electron chi connectivity index (χ3n) is 3.72. The third kappa shape index (κ3) is 2.70. The fourth-order valence-electron chi connectivity index (χ4n) is 2.46. The molecule has 0 saturated carbocycles. The van der Waals surface area contributed by atoms with Crippen LogP contribution in [0.4, 0.5) is 0 Å². The number of carbonyl (C=O) groups is 1. The Morgan fingerprint density at radius 1 is 1.30 bits per heavy atom. The highest BCUT2D eigenvalue weighted by molar-refractivity contribution is 6.03. The van der Waals surface area contributed by atoms with Gasteiger partial charge in [-0.1, -0.05) is 6.07 Å². The summed E-state index contributed by atoms with van der Waals surface area (Å²) in [5.41, 5.74) is 1.25. The van der Waals surface area contributed by atoms with Gasteiger partial charge in [-0.05, 0) is 31.2 Å². The number of rotatable bonds is 4. The van der Waals surface area contributed by atoms with Crippen LogP contribution in [0.1, 0.15) is 21.8 Å². The fraction of sp³-hybridized carbons (Fsp3) is 0.176. The van der Waals surface area contributed by atoms with Crippen LogP contribution < -0.4 is 10.3 Å². The van der Waals surface area contributed by atoms with Crippen molar-refractivity contribution in [2.75, 3.05) is 0 Å². The number of benzene rings is 1. The Morgan fingerprint density at radius 3 is 2.83 bits per heavy atom. The van der Waals surface area contributed by atoms with Crippen molar-refractivity contribution in [3.63, 3.8) is 0 Å². The van der Waals surface area contributed by atoms with Crippen LogP contribution in [0.3, 0.4) is 0 Å². The molecule has 0 aliphatic carbocycles. The molecule has 2 heterocycles. The van der Waals surface area contributed by atoms with Crippen molar-refractivity contribution in [3.05, 3.63) is 63.8 Å². The number of carboxylic acid groups (broad SMARTS) is 1. The normalized spacial score (nSPS) is 10.9. The van der Waals surface area contributed by atoms with Gasteiger partial charge in [0.05, 0.1) is 5.69 Å². The summed E-state index contributed by atoms with van der Waals surface area (Å²) < 4.78 is 12.6. The summed E-state index contributed by atoms with van der Waals surface area (Å²) in [6.07, 6.45) is 0. The SMILES string of the molecule is Cc1oc2ccc(OCc3cccc(=O)n3C)cc2c1C(=O)O. The second-order valence-corrected chi connectivity index (χ2v) is 5.20. The maximum atomic E-state index is 11.6. The molecule has 1 aromatic carbocycles. The highest BCUT2D eigenvalue weighted by Gasteiger charge is 2.17. The topological polar surface area (TPSA) is 81.7 Å². The number of pyridine rings is 1. The Labute approximate surface area is 131 Å². The van der Waals surface area contributed by atoms with Crippen LogP contribution in [-0.2, 0) is 13.7 Å². The maximum Gasteiger partial charge on any atom is 0.339 e. The third-order valence-corrected chi connectivity index (χ3v) is 3.72. The molecule has 0 aliphatic heterocycles. The van der Waals surface area contributed by atoms with Crippen LogP contribution in [-0.4, -0.2) is 15.6 Å². The number of ether oxygens (including phenoxy) is 1. The molecule has 0 radical (unpaired) electrons. The predicted octanol–water partition coefficient (Wildman–Crippen LogP) is 2.72. The number of aryl methyl sites for hydroxylation is 1. The first kappa shape index (κ1) is 14.9. The molecule has 0 unspecified atom stereocenters. The van der Waals surface area contributed by atoms with E-state index in [1.165, 1.54) is 10.6 Å². The maximum absolute atomic E-state index is 11.6. The van der Waals surface area contributed by atoms with Gasteiger partial charge in [0.1, 0.15) is 29.3 Å². The zero-order valence-electron chi connectivity index (χ0n) is 12.7. The van der Waals surface area contributed by atoms with E-state index in [-0.39, 0.29) is 17.7 Å². The molecule has 2 aromatic heterocycles. The van der Waals surface area contributed by atoms with Gasteiger partial charge in [0.15, 0.2) is 0 Å². The number of fused-ring (bicyclic) bond motifs is 1. The van der Waals surface area contributed by atoms with Crippen molar-refractivity contribution in [2.24, 2.45) is 7.05 Å². The first-order valence-corrected chi connectivity index (χ1v) is 7.01. The van der Waals surface area contributed by atoms with Crippen molar-refractivity contribution < 1.29 is 19.1 Å². The Kier molecular flexibility index (Phi) is 3.65. The molecule has 0 fully saturated rings. The molecule has 0 amide bonds. The van der Waals surface area contributed by atoms with Crippen LogP contribution >= 0.6 is 0 Å². The minimum Gasteiger partial charge on any atom is -0.487 e. The molecule has 0 spiro atoms. The lowest BCUT2D eigenvalue weighted by Crippen LogP contribution is -2.19. The number of aromatic nitrogens is 1. The predicted molar refractivity (Wildman–Crippen MR) is 83.9 cm³/mol. The van der Waals surface area contributed by atoms with Crippen molar-refractivity contribution in [1.29, 1.82) is 0 Å². The zero-order valence-corrected chi connectivity index (χ0v) is 12.7. The van der Waals surface area contributed by atoms with Gasteiger partial charge < -0.3 is 18.8 Å². The second kappa shape index (κ2) is 5.64. The van der Waals surface area contributed by atoms with Crippen LogP contribution in [0.5, 0.6) is 5.75 Å². The minimum atomic E-state index is -1.04. The number of hydrogen-bond donors (Lipinski definition) is 1. The van der Waals surface area contributed by atoms with E-state index in [1.807, 2.05) is 0 Å². The lowest BCUT2D eigenvalue weighted by molar-refractivity contribution is 0.0697. The summed E-state index contributed by atoms with van der Waals surface area (Å²) >= 11 is 0. The highest BCUT2D eigenvalue weighted by atomic mass is 16.5. The van der Waals surface area contributed by atoms with Gasteiger partial charge in [-0.15, -0.1) is 0 Å². The summed E-state index contributed by atoms with van der Waals surface area (Å²) in [6.45, 7) is 1.82. The van der Waals surface area contributed by atoms with Crippen molar-refractivity contribution in [3.8, 4) is 5.75 Å². The highest BCUT2D eigenvalue weighted by Crippen LogP contribution is 2.29. The number of furan rings is 1. The Bertz CT molecular complexity index is 951. The molecule has 1 N–H and O–H groups in total. The largest absolute Gasteiger partial charge is 0.487 e. The molecule has 3 rings (SSSR count). The molecular weight excluding hydrogens is 298 g/mol. The van der Waals surface area contributed by atoms with Crippen LogP contribution in [0.25, 0.3) is 11.0 Å². The van der Waals surface area contributed by atoms with Gasteiger partial charge in [0, 0.05) is 18.5 Å². The summed E-state index contributed by atoms with van der Waals surface area (Å²) in [6, 6.07) is 9.96. The molecule has 0 saturated heterocycles. The molecule has 23 heavy (non-hydrogen) atoms. The fourth-order valence-corrected chi connectivity index (χ4v) is 2.46. The number of carboxylic acids is 1. The van der Waals surface area contributed by atoms with E-state index < -0.39 is 5.97 Å². The Balaban J connectivity index is 1.92. The van der Waals surface area contributed by atoms with Gasteiger partial charge in [0.25, 0.3) is 5.56 Å². The van der Waals surface area contributed by atoms with Crippen molar-refractivity contribution >= 4 is 16.9 Å². The Morgan fingerprint density at radius 2 is 2.09 bits per heavy atom. The van der Waals surface area contributed by atoms with E-state index >= 15 is 0 Å². The lowest BCUT2D eigenvalue weighted by Gasteiger charge is -2.09. The van der Waals surface area contributed by atoms with E-state index in [0.717, 1.165) is 5.69 Å². The van der Waals surface area contributed by atoms with Gasteiger partial charge >= 0.3 is 5.97 Å². The van der Waals surface area contributed by atoms with E-state index in [1.54, 1.807) is 44.3 Å². The Hall–Kier alpha value is -3.02. The lowest BCUT2D eigenvalue weighted by atomic mass is 10.1. The summed E-state index contributed by atoms with van der Waals surface area (Å²) in [5.74, 6) is -0.170. The zero-order chi connectivity index (χ0) is 16.6. The standard InChI is InChI=1S/C17H15NO5/c1-10-16(17(20)21)13-8-12(6-7-14(13)23-10)22-9-11-4-3-5-15(19)18(11)2/h3-8H,9H2,1-2H3,(H,20,21). The summed E-state index contributed by atoms with van der Waals surface area (Å²) in [7, 11) is 1.67. The average Bonchev–Trinajstić information content (AvgIpc) is 2.84. The van der Waals surface area contributed by atoms with Crippen LogP contribution in [0.15, 0.2) is 45.6 Å². The van der Waals surface area contributed by atoms with E-state index in [9.17, 15) is 14.7 Å². The summed E-state index contributed by atoms with van der Waals surface area (Å²) in [4.78, 5) is 22.9. The van der Waals surface area contributed by atoms with Gasteiger partial charge in [0.2, 0.25) is 0 Å².